The number of fused-ring (bicyclic) bond motifs is 1. The fraction of sp³-hybridized carbons (Fsp3) is 0.333. The van der Waals surface area contributed by atoms with E-state index in [0.29, 0.717) is 5.58 Å². The lowest BCUT2D eigenvalue weighted by molar-refractivity contribution is -0.136. The van der Waals surface area contributed by atoms with E-state index in [1.54, 1.807) is 31.2 Å². The van der Waals surface area contributed by atoms with Crippen LogP contribution in [-0.4, -0.2) is 20.4 Å². The highest BCUT2D eigenvalue weighted by Gasteiger charge is 2.26. The lowest BCUT2D eigenvalue weighted by Gasteiger charge is -2.16. The van der Waals surface area contributed by atoms with E-state index in [2.05, 4.69) is 11.6 Å². The van der Waals surface area contributed by atoms with Crippen molar-refractivity contribution in [2.45, 2.75) is 57.4 Å². The van der Waals surface area contributed by atoms with Crippen LogP contribution in [-0.2, 0) is 21.2 Å². The summed E-state index contributed by atoms with van der Waals surface area (Å²) in [7, 11) is -3.89. The molecule has 0 spiro atoms. The van der Waals surface area contributed by atoms with E-state index in [1.807, 2.05) is 6.92 Å². The second-order valence-electron chi connectivity index (χ2n) is 7.67. The molecule has 0 fully saturated rings. The average molecular weight is 458 g/mol. The maximum Gasteiger partial charge on any atom is 0.336 e. The van der Waals surface area contributed by atoms with Gasteiger partial charge in [-0.2, -0.15) is 4.72 Å². The molecule has 170 valence electrons. The molecule has 32 heavy (non-hydrogen) atoms. The first-order valence-electron chi connectivity index (χ1n) is 10.6. The Bertz CT molecular complexity index is 1260. The Morgan fingerprint density at radius 1 is 1.09 bits per heavy atom. The van der Waals surface area contributed by atoms with Gasteiger partial charge in [0.05, 0.1) is 4.90 Å². The van der Waals surface area contributed by atoms with Crippen molar-refractivity contribution in [2.75, 3.05) is 0 Å². The second-order valence-corrected chi connectivity index (χ2v) is 9.38. The van der Waals surface area contributed by atoms with Crippen LogP contribution in [0.4, 0.5) is 0 Å². The lowest BCUT2D eigenvalue weighted by Crippen LogP contribution is -2.42. The summed E-state index contributed by atoms with van der Waals surface area (Å²) in [6.45, 7) is 5.61. The fourth-order valence-corrected chi connectivity index (χ4v) is 4.57. The van der Waals surface area contributed by atoms with E-state index in [1.165, 1.54) is 24.3 Å². The van der Waals surface area contributed by atoms with E-state index < -0.39 is 27.7 Å². The quantitative estimate of drug-likeness (QED) is 0.295. The van der Waals surface area contributed by atoms with Crippen LogP contribution in [0.1, 0.15) is 44.2 Å². The highest BCUT2D eigenvalue weighted by Crippen LogP contribution is 2.24. The molecule has 0 aliphatic heterocycles. The van der Waals surface area contributed by atoms with Crippen LogP contribution in [0.5, 0.6) is 5.75 Å². The summed E-state index contributed by atoms with van der Waals surface area (Å²) in [5.74, 6) is -0.571. The van der Waals surface area contributed by atoms with Gasteiger partial charge in [0, 0.05) is 17.5 Å². The fourth-order valence-electron chi connectivity index (χ4n) is 3.31. The molecule has 7 nitrogen and oxygen atoms in total. The predicted molar refractivity (Wildman–Crippen MR) is 122 cm³/mol. The molecule has 0 saturated heterocycles. The second kappa shape index (κ2) is 10.1. The molecule has 0 aliphatic carbocycles. The number of hydrogen-bond acceptors (Lipinski definition) is 6. The van der Waals surface area contributed by atoms with E-state index in [0.717, 1.165) is 35.8 Å². The molecular formula is C24H27NO6S. The Morgan fingerprint density at radius 3 is 2.47 bits per heavy atom. The minimum atomic E-state index is -3.89. The van der Waals surface area contributed by atoms with Gasteiger partial charge in [-0.15, -0.1) is 0 Å². The highest BCUT2D eigenvalue weighted by atomic mass is 32.2. The van der Waals surface area contributed by atoms with Crippen molar-refractivity contribution in [3.63, 3.8) is 0 Å². The maximum absolute atomic E-state index is 12.7. The third-order valence-corrected chi connectivity index (χ3v) is 6.63. The molecular weight excluding hydrogens is 430 g/mol. The van der Waals surface area contributed by atoms with E-state index >= 15 is 0 Å². The first-order chi connectivity index (χ1) is 15.2. The third-order valence-electron chi connectivity index (χ3n) is 5.14. The van der Waals surface area contributed by atoms with Crippen LogP contribution in [0.25, 0.3) is 11.0 Å². The number of unbranched alkanes of at least 4 members (excludes halogenated alkanes) is 1. The molecule has 1 atom stereocenters. The lowest BCUT2D eigenvalue weighted by atomic mass is 10.0. The van der Waals surface area contributed by atoms with Gasteiger partial charge in [-0.1, -0.05) is 38.0 Å². The number of ether oxygens (including phenoxy) is 1. The zero-order valence-corrected chi connectivity index (χ0v) is 19.2. The van der Waals surface area contributed by atoms with Crippen molar-refractivity contribution in [2.24, 2.45) is 0 Å². The average Bonchev–Trinajstić information content (AvgIpc) is 2.75. The molecule has 1 heterocycles. The van der Waals surface area contributed by atoms with E-state index in [-0.39, 0.29) is 17.1 Å². The molecule has 3 rings (SSSR count). The van der Waals surface area contributed by atoms with Gasteiger partial charge in [0.15, 0.2) is 0 Å². The van der Waals surface area contributed by atoms with Gasteiger partial charge in [-0.25, -0.2) is 18.0 Å². The van der Waals surface area contributed by atoms with Crippen molar-refractivity contribution >= 4 is 27.0 Å². The summed E-state index contributed by atoms with van der Waals surface area (Å²) in [4.78, 5) is 24.7. The van der Waals surface area contributed by atoms with Crippen LogP contribution in [0, 0.1) is 6.92 Å². The molecule has 8 heteroatoms. The Labute approximate surface area is 187 Å². The van der Waals surface area contributed by atoms with Crippen molar-refractivity contribution in [3.8, 4) is 5.75 Å². The largest absolute Gasteiger partial charge is 0.425 e. The van der Waals surface area contributed by atoms with Gasteiger partial charge in [-0.3, -0.25) is 0 Å². The van der Waals surface area contributed by atoms with Gasteiger partial charge < -0.3 is 9.15 Å². The standard InChI is InChI=1S/C24H27NO6S/c1-4-6-7-17-14-23(26)31-22-15-18(10-13-20(17)22)30-24(27)21(5-2)25-32(28,29)19-11-8-16(3)9-12-19/h8-15,21,25H,4-7H2,1-3H3/t21-/m1/s1. The number of esters is 1. The minimum absolute atomic E-state index is 0.0708. The molecule has 3 aromatic rings. The Hall–Kier alpha value is -2.97. The minimum Gasteiger partial charge on any atom is -0.425 e. The number of nitrogens with one attached hydrogen (secondary N) is 1. The van der Waals surface area contributed by atoms with Gasteiger partial charge in [0.25, 0.3) is 0 Å². The van der Waals surface area contributed by atoms with Gasteiger partial charge in [0.2, 0.25) is 10.0 Å². The number of carbonyl (C=O) groups is 1. The van der Waals surface area contributed by atoms with Gasteiger partial charge >= 0.3 is 11.6 Å². The van der Waals surface area contributed by atoms with E-state index in [4.69, 9.17) is 9.15 Å². The zero-order chi connectivity index (χ0) is 23.3. The summed E-state index contributed by atoms with van der Waals surface area (Å²) in [5.41, 5.74) is 1.66. The van der Waals surface area contributed by atoms with Crippen LogP contribution >= 0.6 is 0 Å². The zero-order valence-electron chi connectivity index (χ0n) is 18.4. The molecule has 0 saturated carbocycles. The predicted octanol–water partition coefficient (Wildman–Crippen LogP) is 4.11. The van der Waals surface area contributed by atoms with Gasteiger partial charge in [0.1, 0.15) is 17.4 Å². The number of sulfonamides is 1. The Balaban J connectivity index is 1.80. The first kappa shape index (κ1) is 23.7. The first-order valence-corrected chi connectivity index (χ1v) is 12.1. The summed E-state index contributed by atoms with van der Waals surface area (Å²) < 4.78 is 38.4. The molecule has 1 N–H and O–H groups in total. The summed E-state index contributed by atoms with van der Waals surface area (Å²) >= 11 is 0. The molecule has 2 aromatic carbocycles. The van der Waals surface area contributed by atoms with Crippen molar-refractivity contribution in [1.82, 2.24) is 4.72 Å². The molecule has 0 bridgehead atoms. The third kappa shape index (κ3) is 5.63. The van der Waals surface area contributed by atoms with Crippen molar-refractivity contribution < 1.29 is 22.4 Å². The van der Waals surface area contributed by atoms with Crippen LogP contribution < -0.4 is 15.1 Å². The molecule has 0 aliphatic rings. The number of carbonyl (C=O) groups excluding carboxylic acids is 1. The molecule has 0 amide bonds. The van der Waals surface area contributed by atoms with Gasteiger partial charge in [-0.05, 0) is 56.0 Å². The summed E-state index contributed by atoms with van der Waals surface area (Å²) in [6, 6.07) is 11.6. The number of benzene rings is 2. The number of aryl methyl sites for hydroxylation is 2. The van der Waals surface area contributed by atoms with Crippen LogP contribution in [0.3, 0.4) is 0 Å². The molecule has 1 aromatic heterocycles. The van der Waals surface area contributed by atoms with Crippen molar-refractivity contribution in [1.29, 1.82) is 0 Å². The molecule has 0 unspecified atom stereocenters. The Kier molecular flexibility index (Phi) is 7.48. The summed E-state index contributed by atoms with van der Waals surface area (Å²) in [6.07, 6.45) is 2.88. The normalized spacial score (nSPS) is 12.6. The number of rotatable bonds is 9. The number of hydrogen-bond donors (Lipinski definition) is 1. The van der Waals surface area contributed by atoms with Crippen molar-refractivity contribution in [3.05, 3.63) is 70.1 Å². The Morgan fingerprint density at radius 2 is 1.81 bits per heavy atom. The monoisotopic (exact) mass is 457 g/mol. The summed E-state index contributed by atoms with van der Waals surface area (Å²) in [5, 5.41) is 0.782. The van der Waals surface area contributed by atoms with Crippen LogP contribution in [0.15, 0.2) is 62.6 Å². The van der Waals surface area contributed by atoms with Crippen LogP contribution in [0.2, 0.25) is 0 Å². The van der Waals surface area contributed by atoms with E-state index in [9.17, 15) is 18.0 Å². The highest BCUT2D eigenvalue weighted by molar-refractivity contribution is 7.89. The molecule has 0 radical (unpaired) electrons. The smallest absolute Gasteiger partial charge is 0.336 e. The SMILES string of the molecule is CCCCc1cc(=O)oc2cc(OC(=O)[C@@H](CC)NS(=O)(=O)c3ccc(C)cc3)ccc12. The topological polar surface area (TPSA) is 103 Å². The maximum atomic E-state index is 12.7.